The first-order chi connectivity index (χ1) is 7.01. The second kappa shape index (κ2) is 7.48. The first-order valence-electron chi connectivity index (χ1n) is 5.43. The van der Waals surface area contributed by atoms with Gasteiger partial charge in [-0.15, -0.1) is 0 Å². The maximum atomic E-state index is 5.38. The van der Waals surface area contributed by atoms with E-state index in [-0.39, 0.29) is 0 Å². The number of nitrogens with two attached hydrogens (primary N) is 1. The standard InChI is InChI=1S/C10H25N5/c1-6-12-10(14-11)13-9(8(2)3)7-15(4)5/h8-9H,6-7,11H2,1-5H3,(H2,12,13,14). The summed E-state index contributed by atoms with van der Waals surface area (Å²) in [5.74, 6) is 6.58. The van der Waals surface area contributed by atoms with Crippen LogP contribution in [0.2, 0.25) is 0 Å². The summed E-state index contributed by atoms with van der Waals surface area (Å²) < 4.78 is 0. The number of rotatable bonds is 5. The fourth-order valence-electron chi connectivity index (χ4n) is 1.28. The van der Waals surface area contributed by atoms with Crippen LogP contribution in [0.15, 0.2) is 4.99 Å². The molecule has 0 fully saturated rings. The lowest BCUT2D eigenvalue weighted by molar-refractivity contribution is 0.311. The predicted octanol–water partition coefficient (Wildman–Crippen LogP) is 0.00140. The molecule has 1 atom stereocenters. The molecule has 90 valence electrons. The molecule has 0 radical (unpaired) electrons. The Bertz CT molecular complexity index is 188. The van der Waals surface area contributed by atoms with Gasteiger partial charge in [0, 0.05) is 19.1 Å². The second-order valence-corrected chi connectivity index (χ2v) is 4.22. The van der Waals surface area contributed by atoms with Crippen LogP contribution >= 0.6 is 0 Å². The highest BCUT2D eigenvalue weighted by molar-refractivity contribution is 5.79. The van der Waals surface area contributed by atoms with Crippen molar-refractivity contribution < 1.29 is 0 Å². The molecule has 0 saturated heterocycles. The van der Waals surface area contributed by atoms with E-state index in [0.717, 1.165) is 13.1 Å². The number of nitrogens with zero attached hydrogens (tertiary/aromatic N) is 2. The highest BCUT2D eigenvalue weighted by atomic mass is 15.3. The highest BCUT2D eigenvalue weighted by Gasteiger charge is 2.15. The van der Waals surface area contributed by atoms with Crippen molar-refractivity contribution in [1.29, 1.82) is 0 Å². The Morgan fingerprint density at radius 2 is 2.00 bits per heavy atom. The maximum absolute atomic E-state index is 5.38. The third kappa shape index (κ3) is 6.30. The van der Waals surface area contributed by atoms with Crippen LogP contribution in [0.1, 0.15) is 20.8 Å². The van der Waals surface area contributed by atoms with E-state index >= 15 is 0 Å². The molecule has 5 nitrogen and oxygen atoms in total. The van der Waals surface area contributed by atoms with Crippen LogP contribution < -0.4 is 16.6 Å². The predicted molar refractivity (Wildman–Crippen MR) is 65.6 cm³/mol. The van der Waals surface area contributed by atoms with Crippen LogP contribution in [-0.2, 0) is 0 Å². The van der Waals surface area contributed by atoms with Gasteiger partial charge in [-0.25, -0.2) is 5.84 Å². The molecule has 0 aromatic heterocycles. The Morgan fingerprint density at radius 3 is 2.33 bits per heavy atom. The number of likely N-dealkylation sites (N-methyl/N-ethyl adjacent to an activating group) is 1. The van der Waals surface area contributed by atoms with Crippen molar-refractivity contribution in [3.63, 3.8) is 0 Å². The largest absolute Gasteiger partial charge is 0.351 e. The van der Waals surface area contributed by atoms with Gasteiger partial charge >= 0.3 is 0 Å². The van der Waals surface area contributed by atoms with Crippen LogP contribution in [0, 0.1) is 5.92 Å². The molecule has 15 heavy (non-hydrogen) atoms. The SMILES string of the molecule is CCN=C(NN)NC(CN(C)C)C(C)C. The molecule has 0 bridgehead atoms. The molecule has 0 saturated carbocycles. The van der Waals surface area contributed by atoms with Crippen molar-refractivity contribution in [2.75, 3.05) is 27.2 Å². The quantitative estimate of drug-likeness (QED) is 0.261. The summed E-state index contributed by atoms with van der Waals surface area (Å²) in [6, 6.07) is 0.348. The summed E-state index contributed by atoms with van der Waals surface area (Å²) in [6.07, 6.45) is 0. The van der Waals surface area contributed by atoms with E-state index in [2.05, 4.69) is 48.6 Å². The maximum Gasteiger partial charge on any atom is 0.205 e. The lowest BCUT2D eigenvalue weighted by Crippen LogP contribution is -2.51. The van der Waals surface area contributed by atoms with E-state index in [9.17, 15) is 0 Å². The van der Waals surface area contributed by atoms with Gasteiger partial charge in [-0.2, -0.15) is 0 Å². The minimum Gasteiger partial charge on any atom is -0.351 e. The molecule has 0 aliphatic heterocycles. The Morgan fingerprint density at radius 1 is 1.40 bits per heavy atom. The van der Waals surface area contributed by atoms with E-state index in [1.54, 1.807) is 0 Å². The minimum atomic E-state index is 0.348. The fraction of sp³-hybridized carbons (Fsp3) is 0.900. The number of nitrogens with one attached hydrogen (secondary N) is 2. The van der Waals surface area contributed by atoms with Gasteiger partial charge in [-0.1, -0.05) is 13.8 Å². The first kappa shape index (κ1) is 14.2. The van der Waals surface area contributed by atoms with Gasteiger partial charge in [0.25, 0.3) is 0 Å². The average Bonchev–Trinajstić information content (AvgIpc) is 2.14. The summed E-state index contributed by atoms with van der Waals surface area (Å²) in [5, 5.41) is 3.31. The zero-order valence-electron chi connectivity index (χ0n) is 10.5. The van der Waals surface area contributed by atoms with E-state index < -0.39 is 0 Å². The van der Waals surface area contributed by atoms with Gasteiger partial charge in [0.1, 0.15) is 0 Å². The van der Waals surface area contributed by atoms with Crippen LogP contribution in [0.25, 0.3) is 0 Å². The van der Waals surface area contributed by atoms with Crippen molar-refractivity contribution in [3.8, 4) is 0 Å². The van der Waals surface area contributed by atoms with E-state index in [1.165, 1.54) is 0 Å². The molecule has 5 heteroatoms. The zero-order valence-corrected chi connectivity index (χ0v) is 10.5. The van der Waals surface area contributed by atoms with Crippen molar-refractivity contribution in [2.24, 2.45) is 16.8 Å². The summed E-state index contributed by atoms with van der Waals surface area (Å²) >= 11 is 0. The van der Waals surface area contributed by atoms with Gasteiger partial charge in [0.05, 0.1) is 0 Å². The molecular formula is C10H25N5. The van der Waals surface area contributed by atoms with Gasteiger partial charge in [-0.3, -0.25) is 10.4 Å². The lowest BCUT2D eigenvalue weighted by atomic mass is 10.0. The number of hydrogen-bond acceptors (Lipinski definition) is 3. The summed E-state index contributed by atoms with van der Waals surface area (Å²) in [7, 11) is 4.12. The summed E-state index contributed by atoms with van der Waals surface area (Å²) in [4.78, 5) is 6.37. The second-order valence-electron chi connectivity index (χ2n) is 4.22. The van der Waals surface area contributed by atoms with Gasteiger partial charge in [-0.05, 0) is 26.9 Å². The van der Waals surface area contributed by atoms with E-state index in [4.69, 9.17) is 5.84 Å². The minimum absolute atomic E-state index is 0.348. The number of hydrogen-bond donors (Lipinski definition) is 3. The van der Waals surface area contributed by atoms with Crippen molar-refractivity contribution >= 4 is 5.96 Å². The Kier molecular flexibility index (Phi) is 7.07. The van der Waals surface area contributed by atoms with Gasteiger partial charge in [0.2, 0.25) is 5.96 Å². The molecule has 0 heterocycles. The highest BCUT2D eigenvalue weighted by Crippen LogP contribution is 2.02. The molecule has 0 aliphatic carbocycles. The number of hydrazine groups is 1. The van der Waals surface area contributed by atoms with E-state index in [0.29, 0.717) is 17.9 Å². The Hall–Kier alpha value is -0.810. The molecular weight excluding hydrogens is 190 g/mol. The van der Waals surface area contributed by atoms with Crippen molar-refractivity contribution in [2.45, 2.75) is 26.8 Å². The molecule has 0 aromatic carbocycles. The topological polar surface area (TPSA) is 65.7 Å². The van der Waals surface area contributed by atoms with Crippen LogP contribution in [0.4, 0.5) is 0 Å². The zero-order chi connectivity index (χ0) is 11.8. The van der Waals surface area contributed by atoms with Gasteiger partial charge < -0.3 is 10.2 Å². The molecule has 0 aliphatic rings. The van der Waals surface area contributed by atoms with Crippen LogP contribution in [-0.4, -0.2) is 44.1 Å². The average molecular weight is 215 g/mol. The Labute approximate surface area is 93.1 Å². The lowest BCUT2D eigenvalue weighted by Gasteiger charge is -2.26. The normalized spacial score (nSPS) is 14.5. The smallest absolute Gasteiger partial charge is 0.205 e. The van der Waals surface area contributed by atoms with Crippen LogP contribution in [0.5, 0.6) is 0 Å². The summed E-state index contributed by atoms with van der Waals surface area (Å²) in [5.41, 5.74) is 2.58. The summed E-state index contributed by atoms with van der Waals surface area (Å²) in [6.45, 7) is 8.03. The monoisotopic (exact) mass is 215 g/mol. The third-order valence-corrected chi connectivity index (χ3v) is 2.14. The molecule has 0 amide bonds. The molecule has 1 unspecified atom stereocenters. The third-order valence-electron chi connectivity index (χ3n) is 2.14. The van der Waals surface area contributed by atoms with Crippen molar-refractivity contribution in [1.82, 2.24) is 15.6 Å². The fourth-order valence-corrected chi connectivity index (χ4v) is 1.28. The van der Waals surface area contributed by atoms with Crippen LogP contribution in [0.3, 0.4) is 0 Å². The number of aliphatic imine (C=N–C) groups is 1. The van der Waals surface area contributed by atoms with E-state index in [1.807, 2.05) is 6.92 Å². The van der Waals surface area contributed by atoms with Crippen molar-refractivity contribution in [3.05, 3.63) is 0 Å². The molecule has 0 spiro atoms. The number of guanidine groups is 1. The Balaban J connectivity index is 4.31. The first-order valence-corrected chi connectivity index (χ1v) is 5.43. The van der Waals surface area contributed by atoms with Gasteiger partial charge in [0.15, 0.2) is 0 Å². The molecule has 0 rings (SSSR count). The molecule has 0 aromatic rings. The molecule has 4 N–H and O–H groups in total.